The smallest absolute Gasteiger partial charge is 0.246 e. The molecule has 0 bridgehead atoms. The third kappa shape index (κ3) is 5.14. The molecule has 0 unspecified atom stereocenters. The Balaban J connectivity index is 2.82. The number of amides is 1. The van der Waals surface area contributed by atoms with E-state index in [2.05, 4.69) is 6.92 Å². The van der Waals surface area contributed by atoms with E-state index in [0.29, 0.717) is 25.4 Å². The van der Waals surface area contributed by atoms with E-state index in [9.17, 15) is 4.79 Å². The quantitative estimate of drug-likeness (QED) is 0.689. The number of rotatable bonds is 8. The summed E-state index contributed by atoms with van der Waals surface area (Å²) in [5, 5.41) is 0. The van der Waals surface area contributed by atoms with E-state index in [1.54, 1.807) is 24.2 Å². The molecule has 0 N–H and O–H groups in total. The molecule has 116 valence electrons. The van der Waals surface area contributed by atoms with Gasteiger partial charge in [-0.05, 0) is 44.0 Å². The molecular weight excluding hydrogens is 266 g/mol. The second-order valence-electron chi connectivity index (χ2n) is 4.60. The van der Waals surface area contributed by atoms with E-state index in [0.717, 1.165) is 17.7 Å². The van der Waals surface area contributed by atoms with Crippen molar-refractivity contribution in [1.82, 2.24) is 4.90 Å². The van der Waals surface area contributed by atoms with Crippen LogP contribution in [0.4, 0.5) is 0 Å². The van der Waals surface area contributed by atoms with E-state index in [-0.39, 0.29) is 5.91 Å². The lowest BCUT2D eigenvalue weighted by atomic mass is 10.2. The Labute approximate surface area is 127 Å². The standard InChI is InChI=1S/C17H25NO3/c1-5-12-21-15-10-8-14(13-16(15)20-4)9-11-17(19)18(6-2)7-3/h8-11,13H,5-7,12H2,1-4H3/b11-9+. The van der Waals surface area contributed by atoms with Gasteiger partial charge in [0.25, 0.3) is 0 Å². The summed E-state index contributed by atoms with van der Waals surface area (Å²) in [5.41, 5.74) is 0.913. The summed E-state index contributed by atoms with van der Waals surface area (Å²) in [6, 6.07) is 5.66. The average molecular weight is 291 g/mol. The zero-order valence-corrected chi connectivity index (χ0v) is 13.4. The van der Waals surface area contributed by atoms with Crippen molar-refractivity contribution in [3.05, 3.63) is 29.8 Å². The van der Waals surface area contributed by atoms with Gasteiger partial charge in [-0.25, -0.2) is 0 Å². The predicted octanol–water partition coefficient (Wildman–Crippen LogP) is 3.37. The molecule has 0 atom stereocenters. The Hall–Kier alpha value is -1.97. The molecule has 1 aromatic carbocycles. The summed E-state index contributed by atoms with van der Waals surface area (Å²) in [6.45, 7) is 8.09. The number of hydrogen-bond acceptors (Lipinski definition) is 3. The van der Waals surface area contributed by atoms with Crippen LogP contribution in [-0.2, 0) is 4.79 Å². The number of hydrogen-bond donors (Lipinski definition) is 0. The molecule has 0 aliphatic rings. The lowest BCUT2D eigenvalue weighted by Gasteiger charge is -2.16. The second-order valence-corrected chi connectivity index (χ2v) is 4.60. The van der Waals surface area contributed by atoms with Crippen LogP contribution in [0.1, 0.15) is 32.8 Å². The average Bonchev–Trinajstić information content (AvgIpc) is 2.52. The summed E-state index contributed by atoms with van der Waals surface area (Å²) in [7, 11) is 1.61. The number of carbonyl (C=O) groups excluding carboxylic acids is 1. The second kappa shape index (κ2) is 9.06. The monoisotopic (exact) mass is 291 g/mol. The van der Waals surface area contributed by atoms with Gasteiger partial charge in [-0.2, -0.15) is 0 Å². The summed E-state index contributed by atoms with van der Waals surface area (Å²) < 4.78 is 10.9. The van der Waals surface area contributed by atoms with Crippen LogP contribution in [0.2, 0.25) is 0 Å². The summed E-state index contributed by atoms with van der Waals surface area (Å²) in [5.74, 6) is 1.43. The van der Waals surface area contributed by atoms with Crippen LogP contribution in [0.25, 0.3) is 6.08 Å². The first kappa shape index (κ1) is 17.1. The van der Waals surface area contributed by atoms with E-state index in [4.69, 9.17) is 9.47 Å². The minimum atomic E-state index is 0.0188. The van der Waals surface area contributed by atoms with Gasteiger partial charge in [0.15, 0.2) is 11.5 Å². The lowest BCUT2D eigenvalue weighted by molar-refractivity contribution is -0.125. The van der Waals surface area contributed by atoms with Gasteiger partial charge in [0.05, 0.1) is 13.7 Å². The molecule has 0 radical (unpaired) electrons. The van der Waals surface area contributed by atoms with E-state index >= 15 is 0 Å². The van der Waals surface area contributed by atoms with Crippen molar-refractivity contribution in [2.45, 2.75) is 27.2 Å². The van der Waals surface area contributed by atoms with Crippen LogP contribution < -0.4 is 9.47 Å². The molecule has 4 nitrogen and oxygen atoms in total. The number of ether oxygens (including phenoxy) is 2. The molecule has 0 aliphatic carbocycles. The van der Waals surface area contributed by atoms with Gasteiger partial charge in [0.2, 0.25) is 5.91 Å². The molecule has 0 aromatic heterocycles. The minimum absolute atomic E-state index is 0.0188. The molecular formula is C17H25NO3. The lowest BCUT2D eigenvalue weighted by Crippen LogP contribution is -2.28. The highest BCUT2D eigenvalue weighted by atomic mass is 16.5. The molecule has 21 heavy (non-hydrogen) atoms. The Morgan fingerprint density at radius 3 is 2.48 bits per heavy atom. The maximum Gasteiger partial charge on any atom is 0.246 e. The van der Waals surface area contributed by atoms with Crippen molar-refractivity contribution in [1.29, 1.82) is 0 Å². The molecule has 0 spiro atoms. The molecule has 1 rings (SSSR count). The topological polar surface area (TPSA) is 38.8 Å². The van der Waals surface area contributed by atoms with Crippen molar-refractivity contribution in [2.75, 3.05) is 26.8 Å². The van der Waals surface area contributed by atoms with Gasteiger partial charge in [0, 0.05) is 19.2 Å². The predicted molar refractivity (Wildman–Crippen MR) is 85.7 cm³/mol. The number of carbonyl (C=O) groups is 1. The zero-order chi connectivity index (χ0) is 15.7. The van der Waals surface area contributed by atoms with Crippen LogP contribution in [-0.4, -0.2) is 37.6 Å². The fourth-order valence-corrected chi connectivity index (χ4v) is 1.93. The first-order chi connectivity index (χ1) is 10.2. The molecule has 1 amide bonds. The van der Waals surface area contributed by atoms with Crippen molar-refractivity contribution < 1.29 is 14.3 Å². The largest absolute Gasteiger partial charge is 0.493 e. The highest BCUT2D eigenvalue weighted by Crippen LogP contribution is 2.28. The Bertz CT molecular complexity index is 479. The molecule has 0 aliphatic heterocycles. The highest BCUT2D eigenvalue weighted by Gasteiger charge is 2.06. The third-order valence-corrected chi connectivity index (χ3v) is 3.14. The van der Waals surface area contributed by atoms with Crippen LogP contribution in [0.15, 0.2) is 24.3 Å². The number of benzene rings is 1. The molecule has 0 saturated carbocycles. The minimum Gasteiger partial charge on any atom is -0.493 e. The maximum absolute atomic E-state index is 11.9. The Kier molecular flexibility index (Phi) is 7.37. The van der Waals surface area contributed by atoms with Gasteiger partial charge >= 0.3 is 0 Å². The zero-order valence-electron chi connectivity index (χ0n) is 13.4. The fraction of sp³-hybridized carbons (Fsp3) is 0.471. The Morgan fingerprint density at radius 2 is 1.90 bits per heavy atom. The van der Waals surface area contributed by atoms with Gasteiger partial charge in [-0.3, -0.25) is 4.79 Å². The van der Waals surface area contributed by atoms with Crippen molar-refractivity contribution in [3.63, 3.8) is 0 Å². The number of methoxy groups -OCH3 is 1. The van der Waals surface area contributed by atoms with Gasteiger partial charge in [-0.1, -0.05) is 13.0 Å². The summed E-state index contributed by atoms with van der Waals surface area (Å²) in [4.78, 5) is 13.7. The molecule has 0 fully saturated rings. The number of likely N-dealkylation sites (N-methyl/N-ethyl adjacent to an activating group) is 1. The molecule has 4 heteroatoms. The third-order valence-electron chi connectivity index (χ3n) is 3.14. The van der Waals surface area contributed by atoms with E-state index < -0.39 is 0 Å². The van der Waals surface area contributed by atoms with Crippen molar-refractivity contribution in [3.8, 4) is 11.5 Å². The van der Waals surface area contributed by atoms with E-state index in [1.807, 2.05) is 32.0 Å². The Morgan fingerprint density at radius 1 is 1.19 bits per heavy atom. The van der Waals surface area contributed by atoms with Gasteiger partial charge < -0.3 is 14.4 Å². The molecule has 1 aromatic rings. The molecule has 0 saturated heterocycles. The van der Waals surface area contributed by atoms with Crippen LogP contribution in [0, 0.1) is 0 Å². The SMILES string of the molecule is CCCOc1ccc(/C=C/C(=O)N(CC)CC)cc1OC. The first-order valence-electron chi connectivity index (χ1n) is 7.44. The van der Waals surface area contributed by atoms with Crippen molar-refractivity contribution >= 4 is 12.0 Å². The van der Waals surface area contributed by atoms with Crippen LogP contribution in [0.3, 0.4) is 0 Å². The van der Waals surface area contributed by atoms with Gasteiger partial charge in [0.1, 0.15) is 0 Å². The summed E-state index contributed by atoms with van der Waals surface area (Å²) in [6.07, 6.45) is 4.34. The van der Waals surface area contributed by atoms with Crippen LogP contribution >= 0.6 is 0 Å². The summed E-state index contributed by atoms with van der Waals surface area (Å²) >= 11 is 0. The number of nitrogens with zero attached hydrogens (tertiary/aromatic N) is 1. The fourth-order valence-electron chi connectivity index (χ4n) is 1.93. The highest BCUT2D eigenvalue weighted by molar-refractivity contribution is 5.91. The van der Waals surface area contributed by atoms with Gasteiger partial charge in [-0.15, -0.1) is 0 Å². The normalized spacial score (nSPS) is 10.7. The van der Waals surface area contributed by atoms with Crippen molar-refractivity contribution in [2.24, 2.45) is 0 Å². The first-order valence-corrected chi connectivity index (χ1v) is 7.44. The maximum atomic E-state index is 11.9. The molecule has 0 heterocycles. The van der Waals surface area contributed by atoms with Crippen LogP contribution in [0.5, 0.6) is 11.5 Å². The van der Waals surface area contributed by atoms with E-state index in [1.165, 1.54) is 0 Å².